The van der Waals surface area contributed by atoms with Crippen molar-refractivity contribution in [3.63, 3.8) is 0 Å². The molecule has 25 heavy (non-hydrogen) atoms. The zero-order chi connectivity index (χ0) is 17.8. The van der Waals surface area contributed by atoms with E-state index in [1.165, 1.54) is 4.80 Å². The van der Waals surface area contributed by atoms with E-state index in [1.54, 1.807) is 18.7 Å². The number of aromatic nitrogens is 4. The predicted octanol–water partition coefficient (Wildman–Crippen LogP) is 4.02. The van der Waals surface area contributed by atoms with Crippen LogP contribution in [0.2, 0.25) is 0 Å². The summed E-state index contributed by atoms with van der Waals surface area (Å²) < 4.78 is 0.976. The summed E-state index contributed by atoms with van der Waals surface area (Å²) in [6, 6.07) is 14.7. The molecule has 0 fully saturated rings. The van der Waals surface area contributed by atoms with E-state index in [0.717, 1.165) is 20.6 Å². The molecule has 8 heteroatoms. The summed E-state index contributed by atoms with van der Waals surface area (Å²) in [5, 5.41) is 15.3. The SMILES string of the molecule is CSc1ccccc1NC(=O)C(C)n1nnc(-c2ccc(Br)cc2)n1. The van der Waals surface area contributed by atoms with Gasteiger partial charge in [-0.15, -0.1) is 22.0 Å². The van der Waals surface area contributed by atoms with Gasteiger partial charge in [-0.3, -0.25) is 4.79 Å². The number of nitrogens with zero attached hydrogens (tertiary/aromatic N) is 4. The van der Waals surface area contributed by atoms with Gasteiger partial charge in [-0.2, -0.15) is 4.80 Å². The van der Waals surface area contributed by atoms with Gasteiger partial charge in [0.05, 0.1) is 5.69 Å². The molecule has 1 heterocycles. The molecule has 0 radical (unpaired) electrons. The van der Waals surface area contributed by atoms with E-state index in [2.05, 4.69) is 36.7 Å². The molecule has 0 spiro atoms. The number of carbonyl (C=O) groups is 1. The van der Waals surface area contributed by atoms with E-state index in [-0.39, 0.29) is 5.91 Å². The first-order valence-electron chi connectivity index (χ1n) is 7.58. The molecule has 128 valence electrons. The number of tetrazole rings is 1. The second-order valence-electron chi connectivity index (χ2n) is 5.31. The second-order valence-corrected chi connectivity index (χ2v) is 7.07. The molecular formula is C17H16BrN5OS. The fourth-order valence-corrected chi connectivity index (χ4v) is 3.01. The number of amides is 1. The van der Waals surface area contributed by atoms with Crippen LogP contribution in [0.3, 0.4) is 0 Å². The van der Waals surface area contributed by atoms with Crippen LogP contribution in [-0.4, -0.2) is 32.4 Å². The van der Waals surface area contributed by atoms with Crippen molar-refractivity contribution in [3.8, 4) is 11.4 Å². The van der Waals surface area contributed by atoms with Crippen LogP contribution in [0, 0.1) is 0 Å². The Bertz CT molecular complexity index is 881. The molecule has 1 amide bonds. The smallest absolute Gasteiger partial charge is 0.250 e. The van der Waals surface area contributed by atoms with Crippen LogP contribution < -0.4 is 5.32 Å². The Hall–Kier alpha value is -2.19. The molecule has 2 aromatic carbocycles. The maximum Gasteiger partial charge on any atom is 0.250 e. The number of carbonyl (C=O) groups excluding carboxylic acids is 1. The minimum Gasteiger partial charge on any atom is -0.323 e. The van der Waals surface area contributed by atoms with Gasteiger partial charge < -0.3 is 5.32 Å². The number of hydrogen-bond donors (Lipinski definition) is 1. The third kappa shape index (κ3) is 4.08. The molecule has 0 saturated heterocycles. The molecule has 0 aliphatic rings. The standard InChI is InChI=1S/C17H16BrN5OS/c1-11(17(24)19-14-5-3-4-6-15(14)25-2)23-21-16(20-22-23)12-7-9-13(18)10-8-12/h3-11H,1-2H3,(H,19,24). The number of halogens is 1. The van der Waals surface area contributed by atoms with Crippen LogP contribution >= 0.6 is 27.7 Å². The van der Waals surface area contributed by atoms with Gasteiger partial charge in [-0.25, -0.2) is 0 Å². The molecule has 1 N–H and O–H groups in total. The zero-order valence-corrected chi connectivity index (χ0v) is 16.1. The van der Waals surface area contributed by atoms with Gasteiger partial charge in [0.1, 0.15) is 6.04 Å². The van der Waals surface area contributed by atoms with Crippen LogP contribution in [-0.2, 0) is 4.79 Å². The molecule has 1 unspecified atom stereocenters. The third-order valence-corrected chi connectivity index (χ3v) is 4.95. The lowest BCUT2D eigenvalue weighted by molar-refractivity contribution is -0.119. The molecule has 0 aliphatic carbocycles. The Labute approximate surface area is 158 Å². The van der Waals surface area contributed by atoms with Gasteiger partial charge in [0.25, 0.3) is 5.91 Å². The number of nitrogens with one attached hydrogen (secondary N) is 1. The van der Waals surface area contributed by atoms with E-state index in [9.17, 15) is 4.79 Å². The highest BCUT2D eigenvalue weighted by Crippen LogP contribution is 2.25. The first kappa shape index (κ1) is 17.6. The van der Waals surface area contributed by atoms with Gasteiger partial charge in [0.2, 0.25) is 5.82 Å². The Balaban J connectivity index is 1.75. The van der Waals surface area contributed by atoms with E-state index < -0.39 is 6.04 Å². The van der Waals surface area contributed by atoms with Crippen LogP contribution in [0.15, 0.2) is 57.9 Å². The van der Waals surface area contributed by atoms with Gasteiger partial charge in [0.15, 0.2) is 0 Å². The average Bonchev–Trinajstić information content (AvgIpc) is 3.12. The van der Waals surface area contributed by atoms with E-state index >= 15 is 0 Å². The molecule has 1 aromatic heterocycles. The van der Waals surface area contributed by atoms with Crippen molar-refractivity contribution < 1.29 is 4.79 Å². The van der Waals surface area contributed by atoms with Crippen molar-refractivity contribution >= 4 is 39.3 Å². The van der Waals surface area contributed by atoms with Crippen LogP contribution in [0.25, 0.3) is 11.4 Å². The average molecular weight is 418 g/mol. The minimum atomic E-state index is -0.577. The van der Waals surface area contributed by atoms with E-state index in [0.29, 0.717) is 5.82 Å². The van der Waals surface area contributed by atoms with Gasteiger partial charge in [-0.1, -0.05) is 28.1 Å². The predicted molar refractivity (Wildman–Crippen MR) is 103 cm³/mol. The second kappa shape index (κ2) is 7.79. The lowest BCUT2D eigenvalue weighted by Gasteiger charge is -2.13. The molecule has 6 nitrogen and oxygen atoms in total. The Morgan fingerprint density at radius 3 is 2.64 bits per heavy atom. The quantitative estimate of drug-likeness (QED) is 0.634. The molecule has 0 aliphatic heterocycles. The lowest BCUT2D eigenvalue weighted by Crippen LogP contribution is -2.25. The molecule has 0 bridgehead atoms. The van der Waals surface area contributed by atoms with Crippen LogP contribution in [0.4, 0.5) is 5.69 Å². The fourth-order valence-electron chi connectivity index (χ4n) is 2.19. The van der Waals surface area contributed by atoms with Gasteiger partial charge in [0, 0.05) is 14.9 Å². The Kier molecular flexibility index (Phi) is 5.50. The summed E-state index contributed by atoms with van der Waals surface area (Å²) >= 11 is 4.97. The molecule has 0 saturated carbocycles. The molecule has 1 atom stereocenters. The van der Waals surface area contributed by atoms with Crippen molar-refractivity contribution in [2.75, 3.05) is 11.6 Å². The van der Waals surface area contributed by atoms with Crippen LogP contribution in [0.5, 0.6) is 0 Å². The number of rotatable bonds is 5. The third-order valence-electron chi connectivity index (χ3n) is 3.62. The lowest BCUT2D eigenvalue weighted by atomic mass is 10.2. The fraction of sp³-hybridized carbons (Fsp3) is 0.176. The summed E-state index contributed by atoms with van der Waals surface area (Å²) in [5.41, 5.74) is 1.62. The number of anilines is 1. The molecular weight excluding hydrogens is 402 g/mol. The largest absolute Gasteiger partial charge is 0.323 e. The maximum absolute atomic E-state index is 12.5. The topological polar surface area (TPSA) is 72.7 Å². The van der Waals surface area contributed by atoms with Crippen molar-refractivity contribution in [2.24, 2.45) is 0 Å². The Morgan fingerprint density at radius 1 is 1.20 bits per heavy atom. The number of para-hydroxylation sites is 1. The minimum absolute atomic E-state index is 0.193. The number of hydrogen-bond acceptors (Lipinski definition) is 5. The first-order chi connectivity index (χ1) is 12.1. The van der Waals surface area contributed by atoms with Crippen molar-refractivity contribution in [1.82, 2.24) is 20.2 Å². The van der Waals surface area contributed by atoms with E-state index in [4.69, 9.17) is 0 Å². The van der Waals surface area contributed by atoms with Crippen LogP contribution in [0.1, 0.15) is 13.0 Å². The molecule has 3 rings (SSSR count). The zero-order valence-electron chi connectivity index (χ0n) is 13.7. The van der Waals surface area contributed by atoms with Gasteiger partial charge in [-0.05, 0) is 54.8 Å². The van der Waals surface area contributed by atoms with Crippen molar-refractivity contribution in [1.29, 1.82) is 0 Å². The maximum atomic E-state index is 12.5. The highest BCUT2D eigenvalue weighted by atomic mass is 79.9. The first-order valence-corrected chi connectivity index (χ1v) is 9.59. The number of thioether (sulfide) groups is 1. The summed E-state index contributed by atoms with van der Waals surface area (Å²) in [5.74, 6) is 0.290. The highest BCUT2D eigenvalue weighted by Gasteiger charge is 2.19. The number of benzene rings is 2. The summed E-state index contributed by atoms with van der Waals surface area (Å²) in [6.07, 6.45) is 1.97. The van der Waals surface area contributed by atoms with E-state index in [1.807, 2.05) is 54.8 Å². The molecule has 3 aromatic rings. The van der Waals surface area contributed by atoms with Gasteiger partial charge >= 0.3 is 0 Å². The summed E-state index contributed by atoms with van der Waals surface area (Å²) in [7, 11) is 0. The monoisotopic (exact) mass is 417 g/mol. The summed E-state index contributed by atoms with van der Waals surface area (Å²) in [6.45, 7) is 1.74. The highest BCUT2D eigenvalue weighted by molar-refractivity contribution is 9.10. The summed E-state index contributed by atoms with van der Waals surface area (Å²) in [4.78, 5) is 14.8. The van der Waals surface area contributed by atoms with Crippen molar-refractivity contribution in [2.45, 2.75) is 17.9 Å². The Morgan fingerprint density at radius 2 is 1.92 bits per heavy atom. The van der Waals surface area contributed by atoms with Crippen molar-refractivity contribution in [3.05, 3.63) is 53.0 Å². The normalized spacial score (nSPS) is 12.0.